The van der Waals surface area contributed by atoms with E-state index in [1.807, 2.05) is 31.3 Å². The molecule has 0 aromatic heterocycles. The number of likely N-dealkylation sites (tertiary alicyclic amines) is 1. The molecule has 1 saturated heterocycles. The summed E-state index contributed by atoms with van der Waals surface area (Å²) in [5, 5.41) is 25.0. The third kappa shape index (κ3) is 5.79. The van der Waals surface area contributed by atoms with Crippen molar-refractivity contribution in [3.8, 4) is 5.75 Å². The maximum atomic E-state index is 12.3. The molecular formula is C22H27N3O5. The van der Waals surface area contributed by atoms with Crippen LogP contribution in [-0.4, -0.2) is 65.9 Å². The first-order chi connectivity index (χ1) is 14.5. The number of β-amino-alcohol motifs (C(OH)–C–C–N with tert-alkyl or cyclic N) is 2. The van der Waals surface area contributed by atoms with Crippen LogP contribution in [0.5, 0.6) is 5.75 Å². The second-order valence-corrected chi connectivity index (χ2v) is 7.28. The van der Waals surface area contributed by atoms with E-state index in [1.54, 1.807) is 24.3 Å². The van der Waals surface area contributed by atoms with Crippen LogP contribution in [0.25, 0.3) is 0 Å². The van der Waals surface area contributed by atoms with Gasteiger partial charge in [-0.05, 0) is 42.4 Å². The molecule has 0 unspecified atom stereocenters. The molecule has 1 heterocycles. The van der Waals surface area contributed by atoms with Gasteiger partial charge in [-0.3, -0.25) is 9.59 Å². The smallest absolute Gasteiger partial charge is 0.260 e. The fourth-order valence-corrected chi connectivity index (χ4v) is 3.18. The lowest BCUT2D eigenvalue weighted by Crippen LogP contribution is -2.33. The Labute approximate surface area is 175 Å². The number of amides is 2. The highest BCUT2D eigenvalue weighted by Gasteiger charge is 2.32. The molecule has 8 heteroatoms. The number of nitrogens with one attached hydrogen (secondary N) is 2. The Hall–Kier alpha value is -2.94. The molecular weight excluding hydrogens is 386 g/mol. The van der Waals surface area contributed by atoms with Gasteiger partial charge in [0.1, 0.15) is 5.75 Å². The normalized spacial score (nSPS) is 18.3. The topological polar surface area (TPSA) is 111 Å². The second-order valence-electron chi connectivity index (χ2n) is 7.28. The molecule has 0 aliphatic carbocycles. The molecule has 4 N–H and O–H groups in total. The van der Waals surface area contributed by atoms with E-state index in [4.69, 9.17) is 4.74 Å². The summed E-state index contributed by atoms with van der Waals surface area (Å²) in [6.07, 6.45) is -1.82. The van der Waals surface area contributed by atoms with Gasteiger partial charge in [-0.2, -0.15) is 0 Å². The number of nitrogens with zero attached hydrogens (tertiary/aromatic N) is 1. The first-order valence-corrected chi connectivity index (χ1v) is 9.83. The minimum atomic E-state index is -0.908. The van der Waals surface area contributed by atoms with Crippen LogP contribution in [0.3, 0.4) is 0 Å². The number of aliphatic hydroxyl groups excluding tert-OH is 2. The van der Waals surface area contributed by atoms with Crippen molar-refractivity contribution in [2.24, 2.45) is 0 Å². The minimum absolute atomic E-state index is 0.111. The minimum Gasteiger partial charge on any atom is -0.484 e. The van der Waals surface area contributed by atoms with Crippen molar-refractivity contribution >= 4 is 11.8 Å². The van der Waals surface area contributed by atoms with Crippen molar-refractivity contribution in [2.75, 3.05) is 26.7 Å². The zero-order valence-electron chi connectivity index (χ0n) is 16.9. The van der Waals surface area contributed by atoms with E-state index >= 15 is 0 Å². The average molecular weight is 413 g/mol. The van der Waals surface area contributed by atoms with Crippen LogP contribution in [0.2, 0.25) is 0 Å². The average Bonchev–Trinajstić information content (AvgIpc) is 3.10. The maximum Gasteiger partial charge on any atom is 0.260 e. The quantitative estimate of drug-likeness (QED) is 0.495. The third-order valence-electron chi connectivity index (χ3n) is 4.95. The second kappa shape index (κ2) is 10.2. The molecule has 2 aromatic rings. The summed E-state index contributed by atoms with van der Waals surface area (Å²) in [6, 6.07) is 14.5. The lowest BCUT2D eigenvalue weighted by Gasteiger charge is -2.15. The summed E-state index contributed by atoms with van der Waals surface area (Å²) < 4.78 is 5.48. The number of carbonyl (C=O) groups excluding carboxylic acids is 2. The van der Waals surface area contributed by atoms with Gasteiger partial charge in [-0.15, -0.1) is 0 Å². The van der Waals surface area contributed by atoms with Crippen LogP contribution in [0.1, 0.15) is 21.5 Å². The molecule has 8 nitrogen and oxygen atoms in total. The Morgan fingerprint density at radius 2 is 1.53 bits per heavy atom. The van der Waals surface area contributed by atoms with Crippen LogP contribution in [-0.2, 0) is 17.9 Å². The van der Waals surface area contributed by atoms with Crippen molar-refractivity contribution in [1.82, 2.24) is 15.5 Å². The van der Waals surface area contributed by atoms with Crippen LogP contribution >= 0.6 is 0 Å². The van der Waals surface area contributed by atoms with Gasteiger partial charge in [0.25, 0.3) is 11.8 Å². The number of hydrogen-bond donors (Lipinski definition) is 4. The summed E-state index contributed by atoms with van der Waals surface area (Å²) in [7, 11) is 1.87. The monoisotopic (exact) mass is 413 g/mol. The van der Waals surface area contributed by atoms with Crippen LogP contribution < -0.4 is 15.4 Å². The van der Waals surface area contributed by atoms with Gasteiger partial charge in [0.2, 0.25) is 0 Å². The van der Waals surface area contributed by atoms with Gasteiger partial charge in [0.15, 0.2) is 6.61 Å². The first-order valence-electron chi connectivity index (χ1n) is 9.83. The van der Waals surface area contributed by atoms with E-state index in [2.05, 4.69) is 10.6 Å². The predicted molar refractivity (Wildman–Crippen MR) is 111 cm³/mol. The number of carbonyl (C=O) groups is 2. The van der Waals surface area contributed by atoms with Crippen molar-refractivity contribution in [1.29, 1.82) is 0 Å². The van der Waals surface area contributed by atoms with E-state index in [0.717, 1.165) is 17.7 Å². The van der Waals surface area contributed by atoms with Crippen molar-refractivity contribution in [3.05, 3.63) is 65.2 Å². The van der Waals surface area contributed by atoms with Crippen molar-refractivity contribution in [2.45, 2.75) is 25.3 Å². The zero-order chi connectivity index (χ0) is 21.5. The van der Waals surface area contributed by atoms with Crippen molar-refractivity contribution < 1.29 is 24.5 Å². The van der Waals surface area contributed by atoms with Crippen LogP contribution in [0.15, 0.2) is 48.5 Å². The molecule has 2 aromatic carbocycles. The fraction of sp³-hybridized carbons (Fsp3) is 0.364. The molecule has 0 bridgehead atoms. The molecule has 1 fully saturated rings. The summed E-state index contributed by atoms with van der Waals surface area (Å²) in [5.74, 6) is 0.0911. The molecule has 2 atom stereocenters. The van der Waals surface area contributed by atoms with Crippen molar-refractivity contribution in [3.63, 3.8) is 0 Å². The van der Waals surface area contributed by atoms with Crippen LogP contribution in [0.4, 0.5) is 0 Å². The van der Waals surface area contributed by atoms with Gasteiger partial charge in [0.05, 0.1) is 12.2 Å². The fourth-order valence-electron chi connectivity index (χ4n) is 3.18. The highest BCUT2D eigenvalue weighted by Crippen LogP contribution is 2.14. The van der Waals surface area contributed by atoms with Gasteiger partial charge in [0, 0.05) is 31.7 Å². The van der Waals surface area contributed by atoms with E-state index in [0.29, 0.717) is 17.9 Å². The Morgan fingerprint density at radius 3 is 2.13 bits per heavy atom. The van der Waals surface area contributed by atoms with E-state index in [1.165, 1.54) is 4.90 Å². The molecule has 1 aliphatic heterocycles. The highest BCUT2D eigenvalue weighted by atomic mass is 16.5. The Morgan fingerprint density at radius 1 is 0.967 bits per heavy atom. The van der Waals surface area contributed by atoms with Gasteiger partial charge in [-0.1, -0.05) is 24.3 Å². The largest absolute Gasteiger partial charge is 0.484 e. The Kier molecular flexibility index (Phi) is 7.40. The summed E-state index contributed by atoms with van der Waals surface area (Å²) >= 11 is 0. The molecule has 0 saturated carbocycles. The van der Waals surface area contributed by atoms with E-state index < -0.39 is 12.2 Å². The molecule has 1 aliphatic rings. The van der Waals surface area contributed by atoms with Gasteiger partial charge >= 0.3 is 0 Å². The lowest BCUT2D eigenvalue weighted by molar-refractivity contribution is -0.132. The highest BCUT2D eigenvalue weighted by molar-refractivity contribution is 5.94. The predicted octanol–water partition coefficient (Wildman–Crippen LogP) is 0.279. The standard InChI is InChI=1S/C22H27N3O5/c1-23-10-15-2-6-17(7-3-15)22(29)24-11-16-4-8-18(9-5-16)30-14-21(28)25-12-19(26)20(27)13-25/h2-9,19-20,23,26-27H,10-14H2,1H3,(H,24,29)/t19-,20+. The summed E-state index contributed by atoms with van der Waals surface area (Å²) in [6.45, 7) is 1.18. The molecule has 0 spiro atoms. The van der Waals surface area contributed by atoms with Crippen LogP contribution in [0, 0.1) is 0 Å². The van der Waals surface area contributed by atoms with E-state index in [-0.39, 0.29) is 31.5 Å². The lowest BCUT2D eigenvalue weighted by atomic mass is 10.1. The maximum absolute atomic E-state index is 12.3. The Balaban J connectivity index is 1.44. The summed E-state index contributed by atoms with van der Waals surface area (Å²) in [5.41, 5.74) is 2.62. The molecule has 0 radical (unpaired) electrons. The first kappa shape index (κ1) is 21.8. The molecule has 160 valence electrons. The number of rotatable bonds is 8. The number of ether oxygens (including phenoxy) is 1. The van der Waals surface area contributed by atoms with Gasteiger partial charge < -0.3 is 30.5 Å². The SMILES string of the molecule is CNCc1ccc(C(=O)NCc2ccc(OCC(=O)N3C[C@@H](O)[C@@H](O)C3)cc2)cc1. The number of hydrogen-bond acceptors (Lipinski definition) is 6. The number of aliphatic hydroxyl groups is 2. The van der Waals surface area contributed by atoms with E-state index in [9.17, 15) is 19.8 Å². The third-order valence-corrected chi connectivity index (χ3v) is 4.95. The molecule has 3 rings (SSSR count). The zero-order valence-corrected chi connectivity index (χ0v) is 16.9. The Bertz CT molecular complexity index is 844. The summed E-state index contributed by atoms with van der Waals surface area (Å²) in [4.78, 5) is 25.7. The van der Waals surface area contributed by atoms with Gasteiger partial charge in [-0.25, -0.2) is 0 Å². The molecule has 2 amide bonds. The number of benzene rings is 2. The molecule has 30 heavy (non-hydrogen) atoms.